The molecule has 0 unspecified atom stereocenters. The third-order valence-electron chi connectivity index (χ3n) is 4.89. The normalized spacial score (nSPS) is 11.2. The molecule has 3 N–H and O–H groups in total. The fraction of sp³-hybridized carbons (Fsp3) is 0.160. The number of anilines is 1. The van der Waals surface area contributed by atoms with E-state index in [2.05, 4.69) is 16.0 Å². The largest absolute Gasteiger partial charge is 0.497 e. The summed E-state index contributed by atoms with van der Waals surface area (Å²) in [6.07, 6.45) is 0. The lowest BCUT2D eigenvalue weighted by atomic mass is 10.1. The molecular weight excluding hydrogens is 406 g/mol. The van der Waals surface area contributed by atoms with Crippen molar-refractivity contribution in [1.82, 2.24) is 10.6 Å². The molecule has 164 valence electrons. The molecular formula is C25H25N3O4. The third kappa shape index (κ3) is 5.95. The van der Waals surface area contributed by atoms with Gasteiger partial charge in [0.2, 0.25) is 0 Å². The van der Waals surface area contributed by atoms with Gasteiger partial charge < -0.3 is 20.7 Å². The second-order valence-electron chi connectivity index (χ2n) is 7.14. The molecule has 0 saturated carbocycles. The van der Waals surface area contributed by atoms with E-state index < -0.39 is 11.8 Å². The molecule has 0 radical (unpaired) electrons. The van der Waals surface area contributed by atoms with Crippen LogP contribution in [-0.2, 0) is 16.1 Å². The van der Waals surface area contributed by atoms with E-state index in [9.17, 15) is 14.4 Å². The van der Waals surface area contributed by atoms with E-state index in [-0.39, 0.29) is 23.2 Å². The van der Waals surface area contributed by atoms with Gasteiger partial charge in [-0.15, -0.1) is 0 Å². The van der Waals surface area contributed by atoms with Crippen LogP contribution in [0, 0.1) is 0 Å². The predicted octanol–water partition coefficient (Wildman–Crippen LogP) is 3.44. The molecule has 3 rings (SSSR count). The second kappa shape index (κ2) is 10.8. The minimum atomic E-state index is -0.844. The maximum atomic E-state index is 12.7. The number of ether oxygens (including phenoxy) is 1. The minimum Gasteiger partial charge on any atom is -0.497 e. The highest BCUT2D eigenvalue weighted by molar-refractivity contribution is 6.40. The second-order valence-corrected chi connectivity index (χ2v) is 7.14. The first-order chi connectivity index (χ1) is 15.5. The first-order valence-corrected chi connectivity index (χ1v) is 10.1. The molecule has 0 aliphatic heterocycles. The standard InChI is InChI=1S/C25H25N3O4/c1-17(19-8-4-3-5-9-19)27-24(30)25(31)28-22-11-7-6-10-21(22)23(29)26-16-18-12-14-20(32-2)15-13-18/h3-15,17H,16H2,1-2H3,(H,26,29)(H,27,30)(H,28,31)/t17-/m1/s1. The topological polar surface area (TPSA) is 96.5 Å². The molecule has 7 heteroatoms. The molecule has 0 fully saturated rings. The number of carbonyl (C=O) groups is 3. The zero-order valence-corrected chi connectivity index (χ0v) is 17.9. The average molecular weight is 431 g/mol. The van der Waals surface area contributed by atoms with Gasteiger partial charge >= 0.3 is 11.8 Å². The predicted molar refractivity (Wildman–Crippen MR) is 122 cm³/mol. The van der Waals surface area contributed by atoms with Gasteiger partial charge in [0.05, 0.1) is 24.4 Å². The average Bonchev–Trinajstić information content (AvgIpc) is 2.83. The van der Waals surface area contributed by atoms with Crippen LogP contribution < -0.4 is 20.7 Å². The number of nitrogens with one attached hydrogen (secondary N) is 3. The lowest BCUT2D eigenvalue weighted by molar-refractivity contribution is -0.136. The fourth-order valence-corrected chi connectivity index (χ4v) is 3.08. The van der Waals surface area contributed by atoms with Crippen molar-refractivity contribution in [2.75, 3.05) is 12.4 Å². The number of carbonyl (C=O) groups excluding carboxylic acids is 3. The van der Waals surface area contributed by atoms with E-state index in [1.807, 2.05) is 54.6 Å². The Balaban J connectivity index is 1.61. The first-order valence-electron chi connectivity index (χ1n) is 10.1. The maximum absolute atomic E-state index is 12.7. The van der Waals surface area contributed by atoms with Gasteiger partial charge in [-0.2, -0.15) is 0 Å². The van der Waals surface area contributed by atoms with Crippen molar-refractivity contribution < 1.29 is 19.1 Å². The van der Waals surface area contributed by atoms with E-state index in [0.717, 1.165) is 16.9 Å². The summed E-state index contributed by atoms with van der Waals surface area (Å²) in [6.45, 7) is 2.10. The molecule has 0 heterocycles. The highest BCUT2D eigenvalue weighted by Gasteiger charge is 2.19. The first kappa shape index (κ1) is 22.6. The Labute approximate surface area is 186 Å². The summed E-state index contributed by atoms with van der Waals surface area (Å²) in [4.78, 5) is 37.5. The molecule has 3 aromatic rings. The third-order valence-corrected chi connectivity index (χ3v) is 4.89. The van der Waals surface area contributed by atoms with Crippen molar-refractivity contribution in [2.24, 2.45) is 0 Å². The van der Waals surface area contributed by atoms with Crippen LogP contribution in [0.2, 0.25) is 0 Å². The van der Waals surface area contributed by atoms with E-state index in [0.29, 0.717) is 6.54 Å². The van der Waals surface area contributed by atoms with E-state index in [1.165, 1.54) is 0 Å². The van der Waals surface area contributed by atoms with Gasteiger partial charge in [-0.3, -0.25) is 14.4 Å². The van der Waals surface area contributed by atoms with Crippen LogP contribution >= 0.6 is 0 Å². The van der Waals surface area contributed by atoms with Crippen molar-refractivity contribution in [2.45, 2.75) is 19.5 Å². The van der Waals surface area contributed by atoms with E-state index in [1.54, 1.807) is 38.3 Å². The molecule has 0 saturated heterocycles. The molecule has 0 bridgehead atoms. The van der Waals surface area contributed by atoms with Crippen molar-refractivity contribution >= 4 is 23.4 Å². The molecule has 3 amide bonds. The highest BCUT2D eigenvalue weighted by Crippen LogP contribution is 2.16. The van der Waals surface area contributed by atoms with Crippen molar-refractivity contribution in [1.29, 1.82) is 0 Å². The van der Waals surface area contributed by atoms with Crippen molar-refractivity contribution in [3.8, 4) is 5.75 Å². The number of rotatable bonds is 7. The number of para-hydroxylation sites is 1. The van der Waals surface area contributed by atoms with Crippen LogP contribution in [0.3, 0.4) is 0 Å². The number of hydrogen-bond donors (Lipinski definition) is 3. The monoisotopic (exact) mass is 431 g/mol. The quantitative estimate of drug-likeness (QED) is 0.499. The SMILES string of the molecule is COc1ccc(CNC(=O)c2ccccc2NC(=O)C(=O)N[C@H](C)c2ccccc2)cc1. The maximum Gasteiger partial charge on any atom is 0.313 e. The summed E-state index contributed by atoms with van der Waals surface area (Å²) in [5.74, 6) is -1.26. The van der Waals surface area contributed by atoms with Crippen LogP contribution in [0.4, 0.5) is 5.69 Å². The van der Waals surface area contributed by atoms with Crippen LogP contribution in [-0.4, -0.2) is 24.8 Å². The number of benzene rings is 3. The Hall–Kier alpha value is -4.13. The summed E-state index contributed by atoms with van der Waals surface area (Å²) in [5.41, 5.74) is 2.30. The number of amides is 3. The highest BCUT2D eigenvalue weighted by atomic mass is 16.5. The van der Waals surface area contributed by atoms with Gasteiger partial charge in [0.1, 0.15) is 5.75 Å². The zero-order valence-electron chi connectivity index (χ0n) is 17.9. The van der Waals surface area contributed by atoms with Crippen molar-refractivity contribution in [3.05, 3.63) is 95.6 Å². The molecule has 32 heavy (non-hydrogen) atoms. The van der Waals surface area contributed by atoms with Crippen LogP contribution in [0.15, 0.2) is 78.9 Å². The van der Waals surface area contributed by atoms with Gasteiger partial charge in [-0.25, -0.2) is 0 Å². The van der Waals surface area contributed by atoms with Crippen LogP contribution in [0.25, 0.3) is 0 Å². The van der Waals surface area contributed by atoms with Gasteiger partial charge in [0.25, 0.3) is 5.91 Å². The Morgan fingerprint density at radius 2 is 1.50 bits per heavy atom. The molecule has 7 nitrogen and oxygen atoms in total. The van der Waals surface area contributed by atoms with Crippen LogP contribution in [0.5, 0.6) is 5.75 Å². The zero-order chi connectivity index (χ0) is 22.9. The lowest BCUT2D eigenvalue weighted by Crippen LogP contribution is -2.37. The minimum absolute atomic E-state index is 0.257. The number of hydrogen-bond acceptors (Lipinski definition) is 4. The Morgan fingerprint density at radius 3 is 2.19 bits per heavy atom. The van der Waals surface area contributed by atoms with E-state index >= 15 is 0 Å². The Bertz CT molecular complexity index is 1080. The van der Waals surface area contributed by atoms with Crippen molar-refractivity contribution in [3.63, 3.8) is 0 Å². The van der Waals surface area contributed by atoms with Crippen LogP contribution in [0.1, 0.15) is 34.5 Å². The van der Waals surface area contributed by atoms with E-state index in [4.69, 9.17) is 4.74 Å². The number of methoxy groups -OCH3 is 1. The summed E-state index contributed by atoms with van der Waals surface area (Å²) < 4.78 is 5.12. The lowest BCUT2D eigenvalue weighted by Gasteiger charge is -2.15. The van der Waals surface area contributed by atoms with Gasteiger partial charge in [0.15, 0.2) is 0 Å². The van der Waals surface area contributed by atoms with Gasteiger partial charge in [-0.05, 0) is 42.3 Å². The molecule has 0 aromatic heterocycles. The van der Waals surface area contributed by atoms with Gasteiger partial charge in [0, 0.05) is 6.54 Å². The fourth-order valence-electron chi connectivity index (χ4n) is 3.08. The smallest absolute Gasteiger partial charge is 0.313 e. The molecule has 0 aliphatic carbocycles. The summed E-state index contributed by atoms with van der Waals surface area (Å²) in [6, 6.07) is 22.9. The van der Waals surface area contributed by atoms with Gasteiger partial charge in [-0.1, -0.05) is 54.6 Å². The molecule has 1 atom stereocenters. The molecule has 3 aromatic carbocycles. The summed E-state index contributed by atoms with van der Waals surface area (Å²) >= 11 is 0. The Morgan fingerprint density at radius 1 is 0.844 bits per heavy atom. The molecule has 0 spiro atoms. The summed E-state index contributed by atoms with van der Waals surface area (Å²) in [7, 11) is 1.59. The Kier molecular flexibility index (Phi) is 7.59. The molecule has 0 aliphatic rings. The summed E-state index contributed by atoms with van der Waals surface area (Å²) in [5, 5.41) is 8.01.